The lowest BCUT2D eigenvalue weighted by molar-refractivity contribution is -0.246. The molecule has 0 amide bonds. The van der Waals surface area contributed by atoms with Gasteiger partial charge in [-0.25, -0.2) is 26.3 Å². The van der Waals surface area contributed by atoms with Crippen molar-refractivity contribution < 1.29 is 74.7 Å². The van der Waals surface area contributed by atoms with Crippen LogP contribution in [0.15, 0.2) is 71.9 Å². The van der Waals surface area contributed by atoms with Crippen LogP contribution in [0.3, 0.4) is 0 Å². The molecule has 6 saturated carbocycles. The number of aryl methyl sites for hydroxylation is 1. The van der Waals surface area contributed by atoms with Gasteiger partial charge < -0.3 is 29.2 Å². The number of thioether (sulfide) groups is 2. The molecular weight excluding hydrogens is 999 g/mol. The zero-order valence-corrected chi connectivity index (χ0v) is 42.2. The summed E-state index contributed by atoms with van der Waals surface area (Å²) in [5, 5.41) is 21.8. The number of aliphatic hydroxyl groups excluding tert-OH is 2. The van der Waals surface area contributed by atoms with Crippen molar-refractivity contribution in [3.63, 3.8) is 0 Å². The van der Waals surface area contributed by atoms with E-state index in [4.69, 9.17) is 18.9 Å². The predicted molar refractivity (Wildman–Crippen MR) is 264 cm³/mol. The summed E-state index contributed by atoms with van der Waals surface area (Å²) in [7, 11) is 0. The number of benzene rings is 1. The van der Waals surface area contributed by atoms with Crippen molar-refractivity contribution in [1.29, 1.82) is 0 Å². The normalized spacial score (nSPS) is 48.0. The number of rotatable bonds is 5. The van der Waals surface area contributed by atoms with E-state index < -0.39 is 151 Å². The SMILES string of the molecule is C.C.CC1(C)O[C@@H]2C[C@H]3[C@@H]4C[C@H](F)C5=CC(=O)C=C[C@]5(C)[C@@]4(F)[C@@H](O)C[C@]3(C)[C@]2(C(=O)SCF)O1.Cc1ccc(C2O[C@@H]3C[C@H]4[C@@H]5C[C@H](F)C6=CC(=O)C=C[C@]6(C)[C@@]5(F)[C@@H](O)C[C@]4(C)[C@]3(C(=O)SCF)O2)cc1. The standard InChI is InChI=1S/C29H31F3O5S.C24H29F3O5S.2CH4/c1-15-4-6-16(7-5-15)24-36-23-12-18-19-11-21(31)20-10-17(33)8-9-26(20,2)28(19,32)22(34)13-27(18,3)29(23,37-24)25(35)38-14-30;1-20(2)31-18-9-13-14-8-16(26)15-7-12(28)5-6-21(15,3)23(14,27)17(29)10-22(13,4)24(18,32-20)19(30)33-11-25;;/h4-10,18-19,21-24,34H,11-14H2,1-3H3;5-7,13-14,16-18,29H,8-11H2,1-4H3;2*1H4/t18-,19-,21-,22-,23+,24?,26-,27-,28-,29-;13-,14-,16-,17-,18+,21-,22-,23-,24-;;/m00../s1. The van der Waals surface area contributed by atoms with Crippen LogP contribution in [0.25, 0.3) is 0 Å². The first-order chi connectivity index (χ1) is 33.2. The molecule has 10 nitrogen and oxygen atoms in total. The molecule has 19 atom stereocenters. The zero-order chi connectivity index (χ0) is 51.4. The third-order valence-electron chi connectivity index (χ3n) is 19.3. The Labute approximate surface area is 431 Å². The van der Waals surface area contributed by atoms with Gasteiger partial charge in [-0.3, -0.25) is 19.2 Å². The second kappa shape index (κ2) is 18.3. The maximum atomic E-state index is 17.4. The minimum absolute atomic E-state index is 0. The van der Waals surface area contributed by atoms with Gasteiger partial charge in [-0.2, -0.15) is 0 Å². The van der Waals surface area contributed by atoms with E-state index in [1.807, 2.05) is 31.2 Å². The van der Waals surface area contributed by atoms with Gasteiger partial charge in [0.2, 0.25) is 10.2 Å². The molecule has 0 radical (unpaired) electrons. The van der Waals surface area contributed by atoms with Crippen LogP contribution in [0.4, 0.5) is 26.3 Å². The van der Waals surface area contributed by atoms with Gasteiger partial charge in [-0.15, -0.1) is 0 Å². The molecular formula is C55H68F6O10S2. The lowest BCUT2D eigenvalue weighted by atomic mass is 9.44. The molecule has 2 N–H and O–H groups in total. The summed E-state index contributed by atoms with van der Waals surface area (Å²) in [6.07, 6.45) is -1.65. The summed E-state index contributed by atoms with van der Waals surface area (Å²) >= 11 is 0.961. The summed E-state index contributed by atoms with van der Waals surface area (Å²) in [5.74, 6) is -5.03. The van der Waals surface area contributed by atoms with Crippen LogP contribution >= 0.6 is 23.5 Å². The van der Waals surface area contributed by atoms with E-state index in [-0.39, 0.29) is 64.5 Å². The van der Waals surface area contributed by atoms with E-state index in [1.54, 1.807) is 27.7 Å². The first-order valence-corrected chi connectivity index (χ1v) is 26.3. The Morgan fingerprint density at radius 2 is 1.10 bits per heavy atom. The molecule has 10 aliphatic rings. The van der Waals surface area contributed by atoms with Crippen LogP contribution < -0.4 is 0 Å². The third-order valence-corrected chi connectivity index (χ3v) is 20.7. The topological polar surface area (TPSA) is 146 Å². The number of hydrogen-bond acceptors (Lipinski definition) is 12. The van der Waals surface area contributed by atoms with E-state index in [1.165, 1.54) is 38.2 Å². The van der Waals surface area contributed by atoms with Crippen LogP contribution in [0.1, 0.15) is 112 Å². The van der Waals surface area contributed by atoms with Crippen molar-refractivity contribution >= 4 is 45.3 Å². The highest BCUT2D eigenvalue weighted by Crippen LogP contribution is 2.75. The molecule has 18 heteroatoms. The van der Waals surface area contributed by atoms with Gasteiger partial charge in [0.15, 0.2) is 46.2 Å². The van der Waals surface area contributed by atoms with Crippen LogP contribution in [0, 0.1) is 52.3 Å². The Balaban J connectivity index is 0.000000191. The highest BCUT2D eigenvalue weighted by Gasteiger charge is 2.82. The van der Waals surface area contributed by atoms with Crippen molar-refractivity contribution in [3.05, 3.63) is 83.0 Å². The van der Waals surface area contributed by atoms with E-state index in [0.29, 0.717) is 29.1 Å². The van der Waals surface area contributed by atoms with Gasteiger partial charge in [-0.1, -0.05) is 94.2 Å². The number of ketones is 2. The minimum Gasteiger partial charge on any atom is -0.390 e. The number of fused-ring (bicyclic) bond motifs is 14. The number of carbonyl (C=O) groups excluding carboxylic acids is 4. The van der Waals surface area contributed by atoms with Crippen LogP contribution in [0.2, 0.25) is 0 Å². The molecule has 73 heavy (non-hydrogen) atoms. The van der Waals surface area contributed by atoms with Crippen molar-refractivity contribution in [1.82, 2.24) is 0 Å². The van der Waals surface area contributed by atoms with Crippen LogP contribution in [-0.2, 0) is 38.1 Å². The van der Waals surface area contributed by atoms with Crippen molar-refractivity contribution in [2.75, 3.05) is 12.0 Å². The van der Waals surface area contributed by atoms with Crippen LogP contribution in [-0.4, -0.2) is 109 Å². The first-order valence-electron chi connectivity index (χ1n) is 24.4. The second-order valence-electron chi connectivity index (χ2n) is 22.8. The molecule has 11 rings (SSSR count). The predicted octanol–water partition coefficient (Wildman–Crippen LogP) is 10.5. The van der Waals surface area contributed by atoms with Crippen molar-refractivity contribution in [2.24, 2.45) is 45.3 Å². The smallest absolute Gasteiger partial charge is 0.226 e. The van der Waals surface area contributed by atoms with Gasteiger partial charge in [0.1, 0.15) is 24.4 Å². The number of halogens is 6. The summed E-state index contributed by atoms with van der Waals surface area (Å²) in [6, 6.07) is 5.54. The molecule has 8 fully saturated rings. The van der Waals surface area contributed by atoms with Crippen molar-refractivity contribution in [3.8, 4) is 0 Å². The average Bonchev–Trinajstić information content (AvgIpc) is 3.97. The van der Waals surface area contributed by atoms with E-state index >= 15 is 17.6 Å². The minimum atomic E-state index is -2.28. The zero-order valence-electron chi connectivity index (χ0n) is 40.5. The molecule has 1 aromatic rings. The Morgan fingerprint density at radius 3 is 1.56 bits per heavy atom. The highest BCUT2D eigenvalue weighted by atomic mass is 32.2. The molecule has 402 valence electrons. The molecule has 2 aliphatic heterocycles. The lowest BCUT2D eigenvalue weighted by Crippen LogP contribution is -2.70. The van der Waals surface area contributed by atoms with Crippen LogP contribution in [0.5, 0.6) is 0 Å². The molecule has 1 aromatic carbocycles. The second-order valence-corrected chi connectivity index (χ2v) is 24.6. The molecule has 8 aliphatic carbocycles. The maximum Gasteiger partial charge on any atom is 0.226 e. The Bertz CT molecular complexity index is 2580. The van der Waals surface area contributed by atoms with Gasteiger partial charge in [-0.05, 0) is 120 Å². The largest absolute Gasteiger partial charge is 0.390 e. The Kier molecular flexibility index (Phi) is 14.0. The number of aliphatic hydroxyl groups is 2. The molecule has 0 spiro atoms. The fraction of sp³-hybridized carbons (Fsp3) is 0.673. The number of hydrogen-bond donors (Lipinski definition) is 2. The van der Waals surface area contributed by atoms with E-state index in [2.05, 4.69) is 0 Å². The van der Waals surface area contributed by atoms with Gasteiger partial charge in [0.05, 0.1) is 24.4 Å². The number of carbonyl (C=O) groups is 4. The summed E-state index contributed by atoms with van der Waals surface area (Å²) < 4.78 is 118. The van der Waals surface area contributed by atoms with E-state index in [0.717, 1.165) is 17.7 Å². The molecule has 1 unspecified atom stereocenters. The molecule has 2 heterocycles. The number of ether oxygens (including phenoxy) is 4. The first kappa shape index (κ1) is 56.1. The lowest BCUT2D eigenvalue weighted by Gasteiger charge is -2.63. The Morgan fingerprint density at radius 1 is 0.658 bits per heavy atom. The maximum absolute atomic E-state index is 17.4. The third kappa shape index (κ3) is 7.20. The number of allylic oxidation sites excluding steroid dienone is 8. The summed E-state index contributed by atoms with van der Waals surface area (Å²) in [6.45, 7) is 11.8. The van der Waals surface area contributed by atoms with E-state index in [9.17, 15) is 38.2 Å². The average molecular weight is 1070 g/mol. The molecule has 0 bridgehead atoms. The summed E-state index contributed by atoms with van der Waals surface area (Å²) in [5.41, 5.74) is -11.2. The van der Waals surface area contributed by atoms with Gasteiger partial charge >= 0.3 is 0 Å². The Hall–Kier alpha value is -3.10. The quantitative estimate of drug-likeness (QED) is 0.271. The molecule has 0 aromatic heterocycles. The molecule has 2 saturated heterocycles. The highest BCUT2D eigenvalue weighted by molar-refractivity contribution is 8.14. The van der Waals surface area contributed by atoms with Gasteiger partial charge in [0.25, 0.3) is 0 Å². The fourth-order valence-electron chi connectivity index (χ4n) is 16.1. The summed E-state index contributed by atoms with van der Waals surface area (Å²) in [4.78, 5) is 51.0. The van der Waals surface area contributed by atoms with Crippen molar-refractivity contribution in [2.45, 2.75) is 173 Å². The van der Waals surface area contributed by atoms with Gasteiger partial charge in [0, 0.05) is 39.1 Å². The number of alkyl halides is 6. The fourth-order valence-corrected chi connectivity index (χ4v) is 17.6. The monoisotopic (exact) mass is 1070 g/mol.